The largest absolute Gasteiger partial charge is 0.324 e. The Labute approximate surface area is 136 Å². The molecule has 124 valence electrons. The quantitative estimate of drug-likeness (QED) is 0.844. The Bertz CT molecular complexity index is 548. The van der Waals surface area contributed by atoms with Crippen molar-refractivity contribution < 1.29 is 9.00 Å². The fourth-order valence-corrected chi connectivity index (χ4v) is 2.93. The predicted molar refractivity (Wildman–Crippen MR) is 94.2 cm³/mol. The van der Waals surface area contributed by atoms with Gasteiger partial charge in [-0.2, -0.15) is 0 Å². The van der Waals surface area contributed by atoms with Gasteiger partial charge in [-0.05, 0) is 51.8 Å². The lowest BCUT2D eigenvalue weighted by molar-refractivity contribution is -0.120. The van der Waals surface area contributed by atoms with Crippen LogP contribution in [0.2, 0.25) is 0 Å². The van der Waals surface area contributed by atoms with Crippen LogP contribution in [0.4, 0.5) is 5.69 Å². The predicted octanol–water partition coefficient (Wildman–Crippen LogP) is 3.19. The van der Waals surface area contributed by atoms with E-state index in [1.807, 2.05) is 52.0 Å². The summed E-state index contributed by atoms with van der Waals surface area (Å²) in [6.07, 6.45) is 1.48. The van der Waals surface area contributed by atoms with Crippen molar-refractivity contribution in [2.24, 2.45) is 5.73 Å². The van der Waals surface area contributed by atoms with Crippen LogP contribution in [0.1, 0.15) is 53.0 Å². The van der Waals surface area contributed by atoms with E-state index in [9.17, 15) is 9.00 Å². The third kappa shape index (κ3) is 5.54. The molecule has 0 radical (unpaired) electrons. The van der Waals surface area contributed by atoms with E-state index in [0.29, 0.717) is 17.9 Å². The van der Waals surface area contributed by atoms with Gasteiger partial charge in [-0.1, -0.05) is 25.5 Å². The monoisotopic (exact) mass is 324 g/mol. The lowest BCUT2D eigenvalue weighted by Gasteiger charge is -2.23. The molecule has 0 saturated heterocycles. The molecule has 3 N–H and O–H groups in total. The third-order valence-electron chi connectivity index (χ3n) is 3.45. The Morgan fingerprint density at radius 1 is 1.27 bits per heavy atom. The number of anilines is 1. The molecule has 0 aliphatic carbocycles. The standard InChI is InChI=1S/C17H28N2O2S/c1-6-10-17(5,18)15(20)19-14-9-7-8-13(11-14)12-22(21)16(2,3)4/h7-9,11H,6,10,12,18H2,1-5H3,(H,19,20). The van der Waals surface area contributed by atoms with Gasteiger partial charge < -0.3 is 11.1 Å². The Morgan fingerprint density at radius 3 is 2.45 bits per heavy atom. The average Bonchev–Trinajstić information content (AvgIpc) is 2.37. The van der Waals surface area contributed by atoms with Crippen LogP contribution in [0.3, 0.4) is 0 Å². The van der Waals surface area contributed by atoms with Crippen molar-refractivity contribution in [2.45, 2.75) is 63.5 Å². The van der Waals surface area contributed by atoms with E-state index < -0.39 is 16.3 Å². The summed E-state index contributed by atoms with van der Waals surface area (Å²) in [5, 5.41) is 2.86. The Morgan fingerprint density at radius 2 is 1.91 bits per heavy atom. The molecule has 2 atom stereocenters. The van der Waals surface area contributed by atoms with Crippen molar-refractivity contribution in [2.75, 3.05) is 5.32 Å². The highest BCUT2D eigenvalue weighted by atomic mass is 32.2. The first-order valence-corrected chi connectivity index (χ1v) is 8.96. The number of nitrogens with one attached hydrogen (secondary N) is 1. The number of carbonyl (C=O) groups is 1. The molecule has 0 saturated carbocycles. The van der Waals surface area contributed by atoms with Gasteiger partial charge in [-0.3, -0.25) is 9.00 Å². The number of hydrogen-bond acceptors (Lipinski definition) is 3. The number of rotatable bonds is 6. The van der Waals surface area contributed by atoms with E-state index in [4.69, 9.17) is 5.73 Å². The SMILES string of the molecule is CCCC(C)(N)C(=O)Nc1cccc(CS(=O)C(C)(C)C)c1. The van der Waals surface area contributed by atoms with Gasteiger partial charge in [0.2, 0.25) is 5.91 Å². The van der Waals surface area contributed by atoms with Gasteiger partial charge in [0.1, 0.15) is 0 Å². The molecule has 2 unspecified atom stereocenters. The lowest BCUT2D eigenvalue weighted by atomic mass is 9.96. The number of benzene rings is 1. The van der Waals surface area contributed by atoms with Crippen molar-refractivity contribution >= 4 is 22.4 Å². The van der Waals surface area contributed by atoms with Gasteiger partial charge in [-0.25, -0.2) is 0 Å². The molecule has 0 heterocycles. The Balaban J connectivity index is 2.81. The zero-order valence-corrected chi connectivity index (χ0v) is 15.0. The molecule has 0 aliphatic rings. The number of hydrogen-bond donors (Lipinski definition) is 2. The number of carbonyl (C=O) groups excluding carboxylic acids is 1. The zero-order chi connectivity index (χ0) is 17.0. The smallest absolute Gasteiger partial charge is 0.244 e. The van der Waals surface area contributed by atoms with Crippen LogP contribution >= 0.6 is 0 Å². The normalized spacial score (nSPS) is 15.9. The molecule has 22 heavy (non-hydrogen) atoms. The molecule has 1 rings (SSSR count). The molecule has 1 aromatic carbocycles. The maximum atomic E-state index is 12.2. The molecule has 4 nitrogen and oxygen atoms in total. The number of nitrogens with two attached hydrogens (primary N) is 1. The van der Waals surface area contributed by atoms with Crippen LogP contribution in [0.25, 0.3) is 0 Å². The summed E-state index contributed by atoms with van der Waals surface area (Å²) in [4.78, 5) is 12.2. The number of amides is 1. The highest BCUT2D eigenvalue weighted by molar-refractivity contribution is 7.85. The van der Waals surface area contributed by atoms with E-state index in [1.165, 1.54) is 0 Å². The second-order valence-electron chi connectivity index (χ2n) is 6.92. The fourth-order valence-electron chi connectivity index (χ4n) is 2.01. The summed E-state index contributed by atoms with van der Waals surface area (Å²) in [7, 11) is -0.967. The minimum atomic E-state index is -0.967. The molecule has 0 bridgehead atoms. The van der Waals surface area contributed by atoms with Crippen LogP contribution in [-0.2, 0) is 21.3 Å². The van der Waals surface area contributed by atoms with Gasteiger partial charge in [0.25, 0.3) is 0 Å². The molecule has 0 aromatic heterocycles. The maximum absolute atomic E-state index is 12.2. The van der Waals surface area contributed by atoms with Crippen molar-refractivity contribution in [1.29, 1.82) is 0 Å². The average molecular weight is 324 g/mol. The van der Waals surface area contributed by atoms with E-state index in [2.05, 4.69) is 5.32 Å². The topological polar surface area (TPSA) is 72.2 Å². The van der Waals surface area contributed by atoms with Crippen LogP contribution in [-0.4, -0.2) is 20.4 Å². The molecule has 0 spiro atoms. The first-order chi connectivity index (χ1) is 10.1. The molecular weight excluding hydrogens is 296 g/mol. The second-order valence-corrected chi connectivity index (χ2v) is 9.13. The zero-order valence-electron chi connectivity index (χ0n) is 14.2. The minimum Gasteiger partial charge on any atom is -0.324 e. The molecule has 5 heteroatoms. The van der Waals surface area contributed by atoms with Crippen molar-refractivity contribution in [3.05, 3.63) is 29.8 Å². The minimum absolute atomic E-state index is 0.191. The summed E-state index contributed by atoms with van der Waals surface area (Å²) in [6.45, 7) is 9.61. The fraction of sp³-hybridized carbons (Fsp3) is 0.588. The van der Waals surface area contributed by atoms with Crippen molar-refractivity contribution in [1.82, 2.24) is 0 Å². The molecule has 0 aliphatic heterocycles. The summed E-state index contributed by atoms with van der Waals surface area (Å²) < 4.78 is 12.0. The van der Waals surface area contributed by atoms with Gasteiger partial charge in [0, 0.05) is 27.0 Å². The summed E-state index contributed by atoms with van der Waals surface area (Å²) in [6, 6.07) is 7.47. The van der Waals surface area contributed by atoms with Gasteiger partial charge >= 0.3 is 0 Å². The summed E-state index contributed by atoms with van der Waals surface area (Å²) in [5.41, 5.74) is 6.80. The second kappa shape index (κ2) is 7.38. The summed E-state index contributed by atoms with van der Waals surface area (Å²) in [5.74, 6) is 0.283. The van der Waals surface area contributed by atoms with Crippen LogP contribution in [0.15, 0.2) is 24.3 Å². The highest BCUT2D eigenvalue weighted by Gasteiger charge is 2.27. The molecule has 0 fully saturated rings. The van der Waals surface area contributed by atoms with Crippen molar-refractivity contribution in [3.63, 3.8) is 0 Å². The van der Waals surface area contributed by atoms with Gasteiger partial charge in [-0.15, -0.1) is 0 Å². The molecule has 1 aromatic rings. The van der Waals surface area contributed by atoms with E-state index in [-0.39, 0.29) is 10.7 Å². The van der Waals surface area contributed by atoms with Crippen LogP contribution in [0.5, 0.6) is 0 Å². The van der Waals surface area contributed by atoms with Crippen LogP contribution in [0, 0.1) is 0 Å². The summed E-state index contributed by atoms with van der Waals surface area (Å²) >= 11 is 0. The Hall–Kier alpha value is -1.20. The first-order valence-electron chi connectivity index (χ1n) is 7.64. The van der Waals surface area contributed by atoms with E-state index >= 15 is 0 Å². The van der Waals surface area contributed by atoms with Gasteiger partial charge in [0.05, 0.1) is 5.54 Å². The van der Waals surface area contributed by atoms with Gasteiger partial charge in [0.15, 0.2) is 0 Å². The first kappa shape index (κ1) is 18.8. The Kier molecular flexibility index (Phi) is 6.32. The lowest BCUT2D eigenvalue weighted by Crippen LogP contribution is -2.48. The molecular formula is C17H28N2O2S. The van der Waals surface area contributed by atoms with E-state index in [0.717, 1.165) is 12.0 Å². The van der Waals surface area contributed by atoms with Crippen molar-refractivity contribution in [3.8, 4) is 0 Å². The maximum Gasteiger partial charge on any atom is 0.244 e. The molecule has 1 amide bonds. The van der Waals surface area contributed by atoms with Crippen LogP contribution < -0.4 is 11.1 Å². The van der Waals surface area contributed by atoms with E-state index in [1.54, 1.807) is 6.92 Å². The third-order valence-corrected chi connectivity index (χ3v) is 5.42. The highest BCUT2D eigenvalue weighted by Crippen LogP contribution is 2.20.